The Morgan fingerprint density at radius 2 is 1.92 bits per heavy atom. The highest BCUT2D eigenvalue weighted by atomic mass is 32.2. The molecule has 0 spiro atoms. The number of nitrogens with zero attached hydrogens (tertiary/aromatic N) is 1. The molecule has 1 aromatic rings. The number of benzene rings is 1. The summed E-state index contributed by atoms with van der Waals surface area (Å²) in [6.45, 7) is 3.94. The molecule has 140 valence electrons. The summed E-state index contributed by atoms with van der Waals surface area (Å²) in [4.78, 5) is 12.4. The van der Waals surface area contributed by atoms with Crippen LogP contribution < -0.4 is 11.1 Å². The Balaban J connectivity index is 2.17. The van der Waals surface area contributed by atoms with Gasteiger partial charge in [0.15, 0.2) is 0 Å². The molecule has 1 aromatic carbocycles. The van der Waals surface area contributed by atoms with E-state index in [9.17, 15) is 13.2 Å². The standard InChI is InChI=1S/C18H29N3O3S/c1-18(2,19)13-20-17(22)14-8-7-11-16(12-14)25(23,24)21(3)15-9-5-4-6-10-15/h7-8,11-12,15H,4-6,9-10,13,19H2,1-3H3,(H,20,22). The predicted octanol–water partition coefficient (Wildman–Crippen LogP) is 2.11. The quantitative estimate of drug-likeness (QED) is 0.805. The fourth-order valence-corrected chi connectivity index (χ4v) is 4.48. The molecule has 6 nitrogen and oxygen atoms in total. The van der Waals surface area contributed by atoms with Gasteiger partial charge in [-0.1, -0.05) is 25.3 Å². The third-order valence-electron chi connectivity index (χ3n) is 4.57. The minimum atomic E-state index is -3.61. The van der Waals surface area contributed by atoms with E-state index in [0.717, 1.165) is 32.1 Å². The van der Waals surface area contributed by atoms with Gasteiger partial charge in [0, 0.05) is 30.7 Å². The number of carbonyl (C=O) groups excluding carboxylic acids is 1. The number of nitrogens with one attached hydrogen (secondary N) is 1. The lowest BCUT2D eigenvalue weighted by Gasteiger charge is -2.30. The highest BCUT2D eigenvalue weighted by Crippen LogP contribution is 2.26. The maximum Gasteiger partial charge on any atom is 0.251 e. The number of hydrogen-bond donors (Lipinski definition) is 2. The van der Waals surface area contributed by atoms with Gasteiger partial charge in [-0.25, -0.2) is 8.42 Å². The molecule has 1 aliphatic carbocycles. The van der Waals surface area contributed by atoms with E-state index in [-0.39, 0.29) is 16.8 Å². The Bertz CT molecular complexity index is 705. The average molecular weight is 368 g/mol. The van der Waals surface area contributed by atoms with Gasteiger partial charge in [0.25, 0.3) is 5.91 Å². The molecule has 0 radical (unpaired) electrons. The van der Waals surface area contributed by atoms with Crippen molar-refractivity contribution >= 4 is 15.9 Å². The van der Waals surface area contributed by atoms with Crippen molar-refractivity contribution in [3.63, 3.8) is 0 Å². The molecule has 0 atom stereocenters. The van der Waals surface area contributed by atoms with Crippen LogP contribution in [0.2, 0.25) is 0 Å². The van der Waals surface area contributed by atoms with Gasteiger partial charge in [-0.3, -0.25) is 4.79 Å². The highest BCUT2D eigenvalue weighted by Gasteiger charge is 2.29. The molecule has 0 heterocycles. The van der Waals surface area contributed by atoms with Crippen LogP contribution in [0.4, 0.5) is 0 Å². The van der Waals surface area contributed by atoms with Crippen LogP contribution in [0.3, 0.4) is 0 Å². The lowest BCUT2D eigenvalue weighted by atomic mass is 9.96. The Morgan fingerprint density at radius 1 is 1.28 bits per heavy atom. The van der Waals surface area contributed by atoms with Crippen molar-refractivity contribution in [1.82, 2.24) is 9.62 Å². The number of amides is 1. The first kappa shape index (κ1) is 19.9. The molecule has 1 amide bonds. The molecule has 0 aliphatic heterocycles. The Labute approximate surface area is 150 Å². The van der Waals surface area contributed by atoms with Gasteiger partial charge in [0.05, 0.1) is 4.90 Å². The monoisotopic (exact) mass is 367 g/mol. The zero-order valence-electron chi connectivity index (χ0n) is 15.3. The van der Waals surface area contributed by atoms with E-state index in [0.29, 0.717) is 12.1 Å². The van der Waals surface area contributed by atoms with Crippen molar-refractivity contribution in [2.24, 2.45) is 5.73 Å². The van der Waals surface area contributed by atoms with Gasteiger partial charge >= 0.3 is 0 Å². The molecule has 0 bridgehead atoms. The van der Waals surface area contributed by atoms with Gasteiger partial charge in [-0.05, 0) is 44.9 Å². The largest absolute Gasteiger partial charge is 0.350 e. The maximum atomic E-state index is 12.9. The number of carbonyl (C=O) groups is 1. The van der Waals surface area contributed by atoms with Crippen LogP contribution in [-0.2, 0) is 10.0 Å². The molecule has 1 aliphatic rings. The van der Waals surface area contributed by atoms with E-state index in [1.807, 2.05) is 13.8 Å². The summed E-state index contributed by atoms with van der Waals surface area (Å²) < 4.78 is 27.3. The van der Waals surface area contributed by atoms with E-state index >= 15 is 0 Å². The van der Waals surface area contributed by atoms with Crippen LogP contribution >= 0.6 is 0 Å². The zero-order chi connectivity index (χ0) is 18.7. The molecular weight excluding hydrogens is 338 g/mol. The van der Waals surface area contributed by atoms with Crippen LogP contribution in [0.25, 0.3) is 0 Å². The minimum absolute atomic E-state index is 0.0364. The Morgan fingerprint density at radius 3 is 2.52 bits per heavy atom. The van der Waals surface area contributed by atoms with Crippen molar-refractivity contribution in [2.75, 3.05) is 13.6 Å². The number of nitrogens with two attached hydrogens (primary N) is 1. The van der Waals surface area contributed by atoms with Gasteiger partial charge in [0.2, 0.25) is 10.0 Å². The Kier molecular flexibility index (Phi) is 6.24. The molecule has 0 unspecified atom stereocenters. The number of hydrogen-bond acceptors (Lipinski definition) is 4. The molecule has 0 saturated heterocycles. The summed E-state index contributed by atoms with van der Waals surface area (Å²) in [5.74, 6) is -0.323. The lowest BCUT2D eigenvalue weighted by Crippen LogP contribution is -2.45. The third kappa shape index (κ3) is 5.26. The first-order chi connectivity index (χ1) is 11.6. The first-order valence-electron chi connectivity index (χ1n) is 8.76. The smallest absolute Gasteiger partial charge is 0.251 e. The molecule has 25 heavy (non-hydrogen) atoms. The summed E-state index contributed by atoms with van der Waals surface area (Å²) in [5.41, 5.74) is 5.66. The van der Waals surface area contributed by atoms with E-state index in [4.69, 9.17) is 5.73 Å². The zero-order valence-corrected chi connectivity index (χ0v) is 16.1. The number of rotatable bonds is 6. The summed E-state index contributed by atoms with van der Waals surface area (Å²) in [7, 11) is -1.98. The van der Waals surface area contributed by atoms with E-state index in [1.165, 1.54) is 16.4 Å². The van der Waals surface area contributed by atoms with E-state index in [1.54, 1.807) is 19.2 Å². The highest BCUT2D eigenvalue weighted by molar-refractivity contribution is 7.89. The molecule has 2 rings (SSSR count). The summed E-state index contributed by atoms with van der Waals surface area (Å²) in [6, 6.07) is 6.23. The average Bonchev–Trinajstić information content (AvgIpc) is 2.59. The second-order valence-corrected chi connectivity index (χ2v) is 9.51. The van der Waals surface area contributed by atoms with Crippen LogP contribution in [0.5, 0.6) is 0 Å². The van der Waals surface area contributed by atoms with Gasteiger partial charge < -0.3 is 11.1 Å². The normalized spacial score (nSPS) is 16.8. The van der Waals surface area contributed by atoms with Crippen LogP contribution in [0.1, 0.15) is 56.3 Å². The first-order valence-corrected chi connectivity index (χ1v) is 10.2. The topological polar surface area (TPSA) is 92.5 Å². The van der Waals surface area contributed by atoms with Gasteiger partial charge in [-0.2, -0.15) is 4.31 Å². The molecular formula is C18H29N3O3S. The van der Waals surface area contributed by atoms with Gasteiger partial charge in [0.1, 0.15) is 0 Å². The van der Waals surface area contributed by atoms with Crippen molar-refractivity contribution in [3.05, 3.63) is 29.8 Å². The molecule has 0 aromatic heterocycles. The Hall–Kier alpha value is -1.44. The fourth-order valence-electron chi connectivity index (χ4n) is 3.02. The van der Waals surface area contributed by atoms with Crippen molar-refractivity contribution in [1.29, 1.82) is 0 Å². The predicted molar refractivity (Wildman–Crippen MR) is 98.9 cm³/mol. The lowest BCUT2D eigenvalue weighted by molar-refractivity contribution is 0.0946. The van der Waals surface area contributed by atoms with Crippen LogP contribution in [0.15, 0.2) is 29.2 Å². The molecule has 3 N–H and O–H groups in total. The minimum Gasteiger partial charge on any atom is -0.350 e. The molecule has 1 saturated carbocycles. The van der Waals surface area contributed by atoms with Crippen molar-refractivity contribution in [3.8, 4) is 0 Å². The molecule has 7 heteroatoms. The van der Waals surface area contributed by atoms with Crippen molar-refractivity contribution < 1.29 is 13.2 Å². The summed E-state index contributed by atoms with van der Waals surface area (Å²) in [6.07, 6.45) is 5.06. The SMILES string of the molecule is CN(C1CCCCC1)S(=O)(=O)c1cccc(C(=O)NCC(C)(C)N)c1. The van der Waals surface area contributed by atoms with E-state index in [2.05, 4.69) is 5.32 Å². The third-order valence-corrected chi connectivity index (χ3v) is 6.47. The summed E-state index contributed by atoms with van der Waals surface area (Å²) >= 11 is 0. The van der Waals surface area contributed by atoms with E-state index < -0.39 is 15.6 Å². The fraction of sp³-hybridized carbons (Fsp3) is 0.611. The van der Waals surface area contributed by atoms with Crippen LogP contribution in [0, 0.1) is 0 Å². The van der Waals surface area contributed by atoms with Gasteiger partial charge in [-0.15, -0.1) is 0 Å². The summed E-state index contributed by atoms with van der Waals surface area (Å²) in [5, 5.41) is 2.74. The van der Waals surface area contributed by atoms with Crippen LogP contribution in [-0.4, -0.2) is 43.8 Å². The molecule has 1 fully saturated rings. The second kappa shape index (κ2) is 7.85. The van der Waals surface area contributed by atoms with Crippen molar-refractivity contribution in [2.45, 2.75) is 62.4 Å². The number of sulfonamides is 1. The maximum absolute atomic E-state index is 12.9. The second-order valence-electron chi connectivity index (χ2n) is 7.51.